The smallest absolute Gasteiger partial charge is 0.247 e. The molecule has 1 aliphatic carbocycles. The van der Waals surface area contributed by atoms with Gasteiger partial charge in [-0.1, -0.05) is 33.6 Å². The van der Waals surface area contributed by atoms with Gasteiger partial charge in [0.15, 0.2) is 0 Å². The molecule has 0 radical (unpaired) electrons. The van der Waals surface area contributed by atoms with Crippen molar-refractivity contribution in [1.82, 2.24) is 5.32 Å². The molecule has 1 aromatic rings. The predicted octanol–water partition coefficient (Wildman–Crippen LogP) is 3.60. The molecule has 0 heterocycles. The summed E-state index contributed by atoms with van der Waals surface area (Å²) >= 11 is 0. The van der Waals surface area contributed by atoms with Gasteiger partial charge in [-0.3, -0.25) is 9.59 Å². The van der Waals surface area contributed by atoms with Gasteiger partial charge in [0.25, 0.3) is 0 Å². The van der Waals surface area contributed by atoms with Gasteiger partial charge < -0.3 is 15.4 Å². The van der Waals surface area contributed by atoms with E-state index in [4.69, 9.17) is 4.74 Å². The molecule has 0 unspecified atom stereocenters. The first-order valence-electron chi connectivity index (χ1n) is 9.17. The minimum absolute atomic E-state index is 0.00998. The molecular weight excluding hydrogens is 316 g/mol. The number of ether oxygens (including phenoxy) is 1. The zero-order valence-electron chi connectivity index (χ0n) is 15.7. The maximum absolute atomic E-state index is 12.7. The zero-order chi connectivity index (χ0) is 18.4. The fraction of sp³-hybridized carbons (Fsp3) is 0.600. The minimum atomic E-state index is -0.538. The Balaban J connectivity index is 2.00. The fourth-order valence-electron chi connectivity index (χ4n) is 3.40. The number of methoxy groups -OCH3 is 1. The first-order valence-corrected chi connectivity index (χ1v) is 9.17. The quantitative estimate of drug-likeness (QED) is 0.827. The number of carbonyl (C=O) groups excluding carboxylic acids is 2. The zero-order valence-corrected chi connectivity index (χ0v) is 15.7. The van der Waals surface area contributed by atoms with Gasteiger partial charge in [-0.15, -0.1) is 0 Å². The van der Waals surface area contributed by atoms with Crippen molar-refractivity contribution >= 4 is 17.5 Å². The van der Waals surface area contributed by atoms with Crippen LogP contribution >= 0.6 is 0 Å². The van der Waals surface area contributed by atoms with E-state index in [0.717, 1.165) is 25.0 Å². The van der Waals surface area contributed by atoms with Crippen LogP contribution in [0.5, 0.6) is 5.75 Å². The van der Waals surface area contributed by atoms with Crippen LogP contribution < -0.4 is 15.4 Å². The number of rotatable bonds is 6. The normalized spacial score (nSPS) is 21.5. The van der Waals surface area contributed by atoms with E-state index < -0.39 is 6.04 Å². The van der Waals surface area contributed by atoms with Crippen LogP contribution in [0, 0.1) is 17.8 Å². The third-order valence-corrected chi connectivity index (χ3v) is 5.05. The second-order valence-corrected chi connectivity index (χ2v) is 7.32. The first-order chi connectivity index (χ1) is 11.9. The molecule has 0 spiro atoms. The number of anilines is 1. The van der Waals surface area contributed by atoms with Crippen LogP contribution in [-0.4, -0.2) is 25.0 Å². The van der Waals surface area contributed by atoms with Gasteiger partial charge in [0.2, 0.25) is 11.8 Å². The number of hydrogen-bond acceptors (Lipinski definition) is 3. The molecule has 0 aromatic heterocycles. The van der Waals surface area contributed by atoms with Crippen molar-refractivity contribution in [3.8, 4) is 5.75 Å². The summed E-state index contributed by atoms with van der Waals surface area (Å²) in [6.07, 6.45) is 4.28. The molecule has 2 rings (SSSR count). The van der Waals surface area contributed by atoms with Gasteiger partial charge >= 0.3 is 0 Å². The Bertz CT molecular complexity index is 583. The van der Waals surface area contributed by atoms with Gasteiger partial charge in [-0.25, -0.2) is 0 Å². The van der Waals surface area contributed by atoms with Crippen molar-refractivity contribution in [1.29, 1.82) is 0 Å². The number of hydrogen-bond donors (Lipinski definition) is 2. The van der Waals surface area contributed by atoms with E-state index in [2.05, 4.69) is 17.6 Å². The largest absolute Gasteiger partial charge is 0.497 e. The Morgan fingerprint density at radius 3 is 2.32 bits per heavy atom. The molecule has 0 aliphatic heterocycles. The number of amides is 2. The lowest BCUT2D eigenvalue weighted by molar-refractivity contribution is -0.132. The van der Waals surface area contributed by atoms with Gasteiger partial charge in [0.05, 0.1) is 7.11 Å². The molecule has 2 N–H and O–H groups in total. The van der Waals surface area contributed by atoms with Crippen LogP contribution in [0.1, 0.15) is 46.5 Å². The second-order valence-electron chi connectivity index (χ2n) is 7.32. The third-order valence-electron chi connectivity index (χ3n) is 5.05. The molecule has 1 fully saturated rings. The minimum Gasteiger partial charge on any atom is -0.497 e. The monoisotopic (exact) mass is 346 g/mol. The SMILES string of the molecule is COc1ccc(NC(=O)[C@@H](NC(=O)[C@H]2CCCC[C@@H]2C)C(C)C)cc1. The lowest BCUT2D eigenvalue weighted by atomic mass is 9.79. The molecule has 5 heteroatoms. The summed E-state index contributed by atoms with van der Waals surface area (Å²) in [4.78, 5) is 25.3. The number of carbonyl (C=O) groups is 2. The van der Waals surface area contributed by atoms with Crippen LogP contribution in [0.25, 0.3) is 0 Å². The third kappa shape index (κ3) is 5.21. The summed E-state index contributed by atoms with van der Waals surface area (Å²) < 4.78 is 5.12. The Labute approximate surface area is 150 Å². The average Bonchev–Trinajstić information content (AvgIpc) is 2.60. The van der Waals surface area contributed by atoms with E-state index in [-0.39, 0.29) is 23.7 Å². The molecule has 138 valence electrons. The van der Waals surface area contributed by atoms with E-state index in [1.165, 1.54) is 6.42 Å². The lowest BCUT2D eigenvalue weighted by Gasteiger charge is -2.30. The van der Waals surface area contributed by atoms with Crippen LogP contribution in [0.15, 0.2) is 24.3 Å². The topological polar surface area (TPSA) is 67.4 Å². The summed E-state index contributed by atoms with van der Waals surface area (Å²) in [5.41, 5.74) is 0.691. The molecular formula is C20H30N2O3. The van der Waals surface area contributed by atoms with Crippen LogP contribution in [0.4, 0.5) is 5.69 Å². The highest BCUT2D eigenvalue weighted by Gasteiger charge is 2.31. The van der Waals surface area contributed by atoms with E-state index >= 15 is 0 Å². The van der Waals surface area contributed by atoms with Gasteiger partial charge in [-0.05, 0) is 48.9 Å². The van der Waals surface area contributed by atoms with Crippen molar-refractivity contribution < 1.29 is 14.3 Å². The molecule has 1 aromatic carbocycles. The van der Waals surface area contributed by atoms with Gasteiger partial charge in [0, 0.05) is 11.6 Å². The van der Waals surface area contributed by atoms with E-state index in [1.54, 1.807) is 31.4 Å². The predicted molar refractivity (Wildman–Crippen MR) is 99.5 cm³/mol. The molecule has 0 bridgehead atoms. The summed E-state index contributed by atoms with van der Waals surface area (Å²) in [7, 11) is 1.60. The molecule has 1 aliphatic rings. The van der Waals surface area contributed by atoms with Gasteiger partial charge in [-0.2, -0.15) is 0 Å². The Morgan fingerprint density at radius 2 is 1.76 bits per heavy atom. The second kappa shape index (κ2) is 8.88. The Hall–Kier alpha value is -2.04. The maximum atomic E-state index is 12.7. The molecule has 0 saturated heterocycles. The average molecular weight is 346 g/mol. The van der Waals surface area contributed by atoms with Crippen molar-refractivity contribution in [3.05, 3.63) is 24.3 Å². The lowest BCUT2D eigenvalue weighted by Crippen LogP contribution is -2.50. The fourth-order valence-corrected chi connectivity index (χ4v) is 3.40. The Kier molecular flexibility index (Phi) is 6.85. The van der Waals surface area contributed by atoms with E-state index in [1.807, 2.05) is 13.8 Å². The molecule has 3 atom stereocenters. The standard InChI is InChI=1S/C20H30N2O3/c1-13(2)18(22-19(23)17-8-6-5-7-14(17)3)20(24)21-15-9-11-16(25-4)12-10-15/h9-14,17-18H,5-8H2,1-4H3,(H,21,24)(H,22,23)/t14-,17-,18-/m0/s1. The van der Waals surface area contributed by atoms with Crippen LogP contribution in [-0.2, 0) is 9.59 Å². The molecule has 5 nitrogen and oxygen atoms in total. The van der Waals surface area contributed by atoms with E-state index in [9.17, 15) is 9.59 Å². The molecule has 1 saturated carbocycles. The highest BCUT2D eigenvalue weighted by molar-refractivity contribution is 5.97. The number of benzene rings is 1. The van der Waals surface area contributed by atoms with Crippen LogP contribution in [0.2, 0.25) is 0 Å². The van der Waals surface area contributed by atoms with Crippen molar-refractivity contribution in [2.75, 3.05) is 12.4 Å². The van der Waals surface area contributed by atoms with Crippen molar-refractivity contribution in [3.63, 3.8) is 0 Å². The highest BCUT2D eigenvalue weighted by Crippen LogP contribution is 2.30. The summed E-state index contributed by atoms with van der Waals surface area (Å²) in [6, 6.07) is 6.63. The maximum Gasteiger partial charge on any atom is 0.247 e. The Morgan fingerprint density at radius 1 is 1.12 bits per heavy atom. The first kappa shape index (κ1) is 19.3. The number of nitrogens with one attached hydrogen (secondary N) is 2. The van der Waals surface area contributed by atoms with Gasteiger partial charge in [0.1, 0.15) is 11.8 Å². The van der Waals surface area contributed by atoms with E-state index in [0.29, 0.717) is 11.6 Å². The molecule has 2 amide bonds. The highest BCUT2D eigenvalue weighted by atomic mass is 16.5. The summed E-state index contributed by atoms with van der Waals surface area (Å²) in [5.74, 6) is 0.974. The summed E-state index contributed by atoms with van der Waals surface area (Å²) in [6.45, 7) is 6.02. The van der Waals surface area contributed by atoms with Crippen molar-refractivity contribution in [2.45, 2.75) is 52.5 Å². The molecule has 25 heavy (non-hydrogen) atoms. The summed E-state index contributed by atoms with van der Waals surface area (Å²) in [5, 5.41) is 5.87. The van der Waals surface area contributed by atoms with Crippen LogP contribution in [0.3, 0.4) is 0 Å². The van der Waals surface area contributed by atoms with Crippen molar-refractivity contribution in [2.24, 2.45) is 17.8 Å².